The van der Waals surface area contributed by atoms with E-state index >= 15 is 0 Å². The van der Waals surface area contributed by atoms with Gasteiger partial charge in [-0.25, -0.2) is 0 Å². The van der Waals surface area contributed by atoms with E-state index in [-0.39, 0.29) is 0 Å². The third kappa shape index (κ3) is 8.99. The third-order valence-corrected chi connectivity index (χ3v) is 12.3. The molecule has 0 N–H and O–H groups in total. The number of aryl methyl sites for hydroxylation is 1. The summed E-state index contributed by atoms with van der Waals surface area (Å²) in [6.45, 7) is 2.21. The number of hydrogen-bond acceptors (Lipinski definition) is 2. The molecule has 2 nitrogen and oxygen atoms in total. The molecule has 2 heteroatoms. The second-order valence-electron chi connectivity index (χ2n) is 16.4. The summed E-state index contributed by atoms with van der Waals surface area (Å²) in [6, 6.07) is 98.2. The van der Waals surface area contributed by atoms with Gasteiger partial charge in [-0.2, -0.15) is 0 Å². The van der Waals surface area contributed by atoms with Crippen molar-refractivity contribution in [2.24, 2.45) is 0 Å². The van der Waals surface area contributed by atoms with Crippen LogP contribution in [0.1, 0.15) is 34.7 Å². The van der Waals surface area contributed by atoms with Gasteiger partial charge in [0.25, 0.3) is 0 Å². The molecule has 316 valence electrons. The van der Waals surface area contributed by atoms with Crippen LogP contribution >= 0.6 is 0 Å². The van der Waals surface area contributed by atoms with E-state index < -0.39 is 0 Å². The Morgan fingerprint density at radius 2 is 0.470 bits per heavy atom. The number of benzene rings is 10. The lowest BCUT2D eigenvalue weighted by atomic mass is 9.84. The topological polar surface area (TPSA) is 6.48 Å². The van der Waals surface area contributed by atoms with Gasteiger partial charge in [-0.1, -0.05) is 207 Å². The van der Waals surface area contributed by atoms with Crippen LogP contribution in [0.4, 0.5) is 34.1 Å². The Morgan fingerprint density at radius 1 is 0.242 bits per heavy atom. The monoisotopic (exact) mass is 846 g/mol. The van der Waals surface area contributed by atoms with Gasteiger partial charge in [0.1, 0.15) is 0 Å². The van der Waals surface area contributed by atoms with Crippen molar-refractivity contribution in [2.75, 3.05) is 9.80 Å². The first-order valence-corrected chi connectivity index (χ1v) is 22.8. The molecule has 0 aliphatic heterocycles. The maximum atomic E-state index is 2.30. The number of hydrogen-bond donors (Lipinski definition) is 0. The van der Waals surface area contributed by atoms with E-state index in [1.165, 1.54) is 55.7 Å². The van der Waals surface area contributed by atoms with Crippen LogP contribution in [0.25, 0.3) is 33.4 Å². The summed E-state index contributed by atoms with van der Waals surface area (Å²) in [5.74, 6) is 0. The first-order valence-electron chi connectivity index (χ1n) is 22.8. The van der Waals surface area contributed by atoms with Gasteiger partial charge in [-0.05, 0) is 140 Å². The Morgan fingerprint density at radius 3 is 0.758 bits per heavy atom. The summed E-state index contributed by atoms with van der Waals surface area (Å²) in [5, 5.41) is 0. The molecule has 0 aliphatic rings. The predicted octanol–water partition coefficient (Wildman–Crippen LogP) is 17.5. The molecule has 0 fully saturated rings. The van der Waals surface area contributed by atoms with E-state index in [1.807, 2.05) is 0 Å². The van der Waals surface area contributed by atoms with Gasteiger partial charge in [0.2, 0.25) is 0 Å². The Bertz CT molecular complexity index is 3050. The van der Waals surface area contributed by atoms with Gasteiger partial charge >= 0.3 is 0 Å². The fraction of sp³-hybridized carbons (Fsp3) is 0.0312. The van der Waals surface area contributed by atoms with Crippen LogP contribution in [0.5, 0.6) is 0 Å². The van der Waals surface area contributed by atoms with Crippen molar-refractivity contribution in [3.8, 4) is 22.3 Å². The summed E-state index contributed by atoms with van der Waals surface area (Å²) in [5.41, 5.74) is 19.8. The summed E-state index contributed by atoms with van der Waals surface area (Å²) in [6.07, 6.45) is 0.992. The smallest absolute Gasteiger partial charge is 0.0462 e. The molecule has 0 aromatic heterocycles. The first-order chi connectivity index (χ1) is 32.7. The van der Waals surface area contributed by atoms with Gasteiger partial charge in [-0.3, -0.25) is 0 Å². The molecule has 0 saturated heterocycles. The minimum Gasteiger partial charge on any atom is -0.311 e. The molecule has 0 unspecified atom stereocenters. The number of para-hydroxylation sites is 4. The molecule has 0 atom stereocenters. The van der Waals surface area contributed by atoms with Gasteiger partial charge in [-0.15, -0.1) is 0 Å². The van der Waals surface area contributed by atoms with E-state index in [0.717, 1.165) is 46.1 Å². The SMILES string of the molecule is CCc1ccc(/C(=C(\c2ccccc2)c2ccc(-c3ccc(N(c4ccccc4)c4ccccc4)cc3)cc2)c2ccc(-c3ccc(N(c4ccccc4)c4ccccc4)cc3)cc2)cc1. The van der Waals surface area contributed by atoms with E-state index in [9.17, 15) is 0 Å². The first kappa shape index (κ1) is 41.5. The number of anilines is 6. The zero-order valence-corrected chi connectivity index (χ0v) is 37.1. The quantitative estimate of drug-likeness (QED) is 0.107. The second kappa shape index (κ2) is 19.5. The zero-order valence-electron chi connectivity index (χ0n) is 37.1. The van der Waals surface area contributed by atoms with Crippen molar-refractivity contribution < 1.29 is 0 Å². The second-order valence-corrected chi connectivity index (χ2v) is 16.4. The number of nitrogens with zero attached hydrogens (tertiary/aromatic N) is 2. The van der Waals surface area contributed by atoms with Gasteiger partial charge in [0.05, 0.1) is 0 Å². The van der Waals surface area contributed by atoms with Crippen molar-refractivity contribution in [3.63, 3.8) is 0 Å². The average Bonchev–Trinajstić information content (AvgIpc) is 3.40. The van der Waals surface area contributed by atoms with Crippen LogP contribution in [0, 0.1) is 0 Å². The Labute approximate surface area is 389 Å². The predicted molar refractivity (Wildman–Crippen MR) is 280 cm³/mol. The van der Waals surface area contributed by atoms with Crippen LogP contribution < -0.4 is 9.80 Å². The highest BCUT2D eigenvalue weighted by Gasteiger charge is 2.18. The van der Waals surface area contributed by atoms with Crippen LogP contribution in [-0.4, -0.2) is 0 Å². The largest absolute Gasteiger partial charge is 0.311 e. The maximum absolute atomic E-state index is 2.30. The maximum Gasteiger partial charge on any atom is 0.0462 e. The van der Waals surface area contributed by atoms with Crippen molar-refractivity contribution in [3.05, 3.63) is 301 Å². The molecule has 0 spiro atoms. The molecule has 0 saturated carbocycles. The molecule has 0 bridgehead atoms. The van der Waals surface area contributed by atoms with Gasteiger partial charge < -0.3 is 9.80 Å². The van der Waals surface area contributed by atoms with Crippen LogP contribution in [0.15, 0.2) is 273 Å². The molecule has 0 heterocycles. The third-order valence-electron chi connectivity index (χ3n) is 12.3. The molecule has 10 rings (SSSR count). The minimum absolute atomic E-state index is 0.992. The number of rotatable bonds is 13. The molecule has 0 amide bonds. The molecule has 10 aromatic carbocycles. The summed E-state index contributed by atoms with van der Waals surface area (Å²) < 4.78 is 0. The summed E-state index contributed by atoms with van der Waals surface area (Å²) in [7, 11) is 0. The molecule has 10 aromatic rings. The van der Waals surface area contributed by atoms with Crippen molar-refractivity contribution in [1.82, 2.24) is 0 Å². The fourth-order valence-corrected chi connectivity index (χ4v) is 8.89. The molecule has 66 heavy (non-hydrogen) atoms. The minimum atomic E-state index is 0.992. The molecular formula is C64H50N2. The Hall–Kier alpha value is -8.46. The van der Waals surface area contributed by atoms with Crippen LogP contribution in [0.2, 0.25) is 0 Å². The standard InChI is InChI=1S/C64H50N2/c1-2-48-28-30-54(31-29-48)64(56-38-34-50(35-39-56)52-42-46-62(47-43-52)66(59-24-14-6-15-25-59)60-26-16-7-17-27-60)63(53-18-8-3-9-19-53)55-36-32-49(33-37-55)51-40-44-61(45-41-51)65(57-20-10-4-11-21-57)58-22-12-5-13-23-58/h3-47H,2H2,1H3/b64-63-. The van der Waals surface area contributed by atoms with Crippen LogP contribution in [0.3, 0.4) is 0 Å². The fourth-order valence-electron chi connectivity index (χ4n) is 8.89. The van der Waals surface area contributed by atoms with Crippen LogP contribution in [-0.2, 0) is 6.42 Å². The van der Waals surface area contributed by atoms with Crippen molar-refractivity contribution in [1.29, 1.82) is 0 Å². The van der Waals surface area contributed by atoms with E-state index in [2.05, 4.69) is 290 Å². The van der Waals surface area contributed by atoms with E-state index in [1.54, 1.807) is 0 Å². The average molecular weight is 847 g/mol. The highest BCUT2D eigenvalue weighted by Crippen LogP contribution is 2.41. The Kier molecular flexibility index (Phi) is 12.3. The summed E-state index contributed by atoms with van der Waals surface area (Å²) in [4.78, 5) is 4.60. The summed E-state index contributed by atoms with van der Waals surface area (Å²) >= 11 is 0. The lowest BCUT2D eigenvalue weighted by molar-refractivity contribution is 1.14. The van der Waals surface area contributed by atoms with Crippen molar-refractivity contribution >= 4 is 45.3 Å². The lowest BCUT2D eigenvalue weighted by Gasteiger charge is -2.25. The van der Waals surface area contributed by atoms with Gasteiger partial charge in [0, 0.05) is 34.1 Å². The van der Waals surface area contributed by atoms with Crippen molar-refractivity contribution in [2.45, 2.75) is 13.3 Å². The van der Waals surface area contributed by atoms with Gasteiger partial charge in [0.15, 0.2) is 0 Å². The van der Waals surface area contributed by atoms with E-state index in [4.69, 9.17) is 0 Å². The highest BCUT2D eigenvalue weighted by molar-refractivity contribution is 6.05. The van der Waals surface area contributed by atoms with E-state index in [0.29, 0.717) is 0 Å². The highest BCUT2D eigenvalue weighted by atomic mass is 15.1. The zero-order chi connectivity index (χ0) is 44.5. The lowest BCUT2D eigenvalue weighted by Crippen LogP contribution is -2.09. The molecule has 0 radical (unpaired) electrons. The Balaban J connectivity index is 1.01. The normalized spacial score (nSPS) is 11.4. The molecular weight excluding hydrogens is 797 g/mol. The molecule has 0 aliphatic carbocycles.